The van der Waals surface area contributed by atoms with Crippen LogP contribution < -0.4 is 51.4 Å². The maximum absolute atomic E-state index is 9.81. The van der Waals surface area contributed by atoms with Gasteiger partial charge in [-0.25, -0.2) is 0 Å². The molecule has 0 aromatic heterocycles. The summed E-state index contributed by atoms with van der Waals surface area (Å²) in [5.74, 6) is 0. The molecule has 0 bridgehead atoms. The van der Waals surface area contributed by atoms with Crippen molar-refractivity contribution in [2.24, 2.45) is 4.99 Å². The van der Waals surface area contributed by atoms with Crippen LogP contribution in [0, 0.1) is 0 Å². The summed E-state index contributed by atoms with van der Waals surface area (Å²) in [4.78, 5) is 6.00. The molecule has 1 aliphatic heterocycles. The Balaban J connectivity index is 0.00000180. The molecule has 4 heteroatoms. The fraction of sp³-hybridized carbons (Fsp3) is 0.467. The maximum atomic E-state index is 9.81. The number of fused-ring (bicyclic) bond motifs is 1. The molecule has 0 radical (unpaired) electrons. The quantitative estimate of drug-likeness (QED) is 0.556. The Morgan fingerprint density at radius 1 is 1.32 bits per heavy atom. The number of hydrogen-bond acceptors (Lipinski definition) is 2. The summed E-state index contributed by atoms with van der Waals surface area (Å²) >= 11 is 1.64. The molecule has 1 unspecified atom stereocenters. The third kappa shape index (κ3) is 3.09. The predicted octanol–water partition coefficient (Wildman–Crippen LogP) is 1.15. The molecule has 0 amide bonds. The van der Waals surface area contributed by atoms with E-state index in [-0.39, 0.29) is 56.9 Å². The van der Waals surface area contributed by atoms with Crippen molar-refractivity contribution in [3.63, 3.8) is 0 Å². The summed E-state index contributed by atoms with van der Waals surface area (Å²) in [6.45, 7) is 8.63. The molecule has 0 fully saturated rings. The SMILES string of the molecule is CCC1(C)N=C2C(SC)=CC(=[N-])C=C2C(C)=C1C.[K+]. The van der Waals surface area contributed by atoms with Crippen LogP contribution in [0.25, 0.3) is 5.41 Å². The third-order valence-corrected chi connectivity index (χ3v) is 4.85. The predicted molar refractivity (Wildman–Crippen MR) is 82.6 cm³/mol. The van der Waals surface area contributed by atoms with Gasteiger partial charge >= 0.3 is 51.4 Å². The first-order chi connectivity index (χ1) is 8.42. The second-order valence-electron chi connectivity index (χ2n) is 5.03. The van der Waals surface area contributed by atoms with Crippen molar-refractivity contribution < 1.29 is 51.4 Å². The number of dihydropyridines is 1. The molecule has 1 aliphatic carbocycles. The second kappa shape index (κ2) is 6.54. The Labute approximate surface area is 162 Å². The Kier molecular flexibility index (Phi) is 6.06. The number of hydrogen-bond donors (Lipinski definition) is 0. The number of allylic oxidation sites excluding steroid dienone is 5. The average Bonchev–Trinajstić information content (AvgIpc) is 2.36. The molecular formula is C15H19KN2S. The van der Waals surface area contributed by atoms with E-state index in [0.717, 1.165) is 22.6 Å². The van der Waals surface area contributed by atoms with E-state index in [0.29, 0.717) is 5.71 Å². The van der Waals surface area contributed by atoms with Gasteiger partial charge in [-0.1, -0.05) is 19.1 Å². The third-order valence-electron chi connectivity index (χ3n) is 4.10. The van der Waals surface area contributed by atoms with Gasteiger partial charge in [-0.3, -0.25) is 4.99 Å². The molecule has 2 nitrogen and oxygen atoms in total. The molecular weight excluding hydrogens is 279 g/mol. The Hall–Kier alpha value is 0.546. The molecule has 2 aliphatic rings. The molecule has 0 aromatic rings. The van der Waals surface area contributed by atoms with Gasteiger partial charge in [-0.15, -0.1) is 11.8 Å². The topological polar surface area (TPSA) is 34.7 Å². The van der Waals surface area contributed by atoms with Crippen LogP contribution in [0.2, 0.25) is 0 Å². The minimum atomic E-state index is -0.113. The van der Waals surface area contributed by atoms with Crippen LogP contribution in [-0.4, -0.2) is 23.2 Å². The van der Waals surface area contributed by atoms with Crippen molar-refractivity contribution in [3.8, 4) is 0 Å². The molecule has 19 heavy (non-hydrogen) atoms. The van der Waals surface area contributed by atoms with Gasteiger partial charge in [-0.05, 0) is 44.6 Å². The fourth-order valence-electron chi connectivity index (χ4n) is 2.43. The van der Waals surface area contributed by atoms with E-state index >= 15 is 0 Å². The van der Waals surface area contributed by atoms with E-state index in [2.05, 4.69) is 27.7 Å². The Bertz CT molecular complexity index is 540. The van der Waals surface area contributed by atoms with Crippen LogP contribution in [0.15, 0.2) is 38.8 Å². The smallest absolute Gasteiger partial charge is 0.804 e. The van der Waals surface area contributed by atoms with E-state index < -0.39 is 0 Å². The van der Waals surface area contributed by atoms with Gasteiger partial charge in [0.2, 0.25) is 0 Å². The van der Waals surface area contributed by atoms with Gasteiger partial charge in [0.25, 0.3) is 0 Å². The van der Waals surface area contributed by atoms with E-state index in [1.165, 1.54) is 11.1 Å². The molecule has 0 saturated carbocycles. The second-order valence-corrected chi connectivity index (χ2v) is 5.88. The summed E-state index contributed by atoms with van der Waals surface area (Å²) < 4.78 is 0. The van der Waals surface area contributed by atoms with Crippen LogP contribution >= 0.6 is 11.8 Å². The zero-order valence-corrected chi connectivity index (χ0v) is 16.6. The fourth-order valence-corrected chi connectivity index (χ4v) is 3.02. The van der Waals surface area contributed by atoms with Crippen molar-refractivity contribution in [2.75, 3.05) is 6.26 Å². The summed E-state index contributed by atoms with van der Waals surface area (Å²) in [6.07, 6.45) is 6.64. The normalized spacial score (nSPS) is 26.2. The molecule has 1 atom stereocenters. The molecule has 2 rings (SSSR count). The van der Waals surface area contributed by atoms with Crippen molar-refractivity contribution in [1.29, 1.82) is 0 Å². The summed E-state index contributed by atoms with van der Waals surface area (Å²) in [6, 6.07) is 0. The van der Waals surface area contributed by atoms with E-state index in [1.54, 1.807) is 17.8 Å². The van der Waals surface area contributed by atoms with E-state index in [4.69, 9.17) is 4.99 Å². The van der Waals surface area contributed by atoms with Gasteiger partial charge in [0.1, 0.15) is 0 Å². The minimum Gasteiger partial charge on any atom is -0.804 e. The van der Waals surface area contributed by atoms with Crippen molar-refractivity contribution in [2.45, 2.75) is 39.7 Å². The Morgan fingerprint density at radius 3 is 2.47 bits per heavy atom. The monoisotopic (exact) mass is 298 g/mol. The molecule has 96 valence electrons. The standard InChI is InChI=1S/C15H19N2S.K/c1-6-15(4)10(3)9(2)12-7-11(16)8-13(18-5)14(12)17-15;/h7-8H,6H2,1-5H3;/q-1;+1. The van der Waals surface area contributed by atoms with Crippen LogP contribution in [-0.2, 0) is 0 Å². The minimum absolute atomic E-state index is 0. The van der Waals surface area contributed by atoms with Gasteiger partial charge in [-0.2, -0.15) is 5.71 Å². The zero-order chi connectivity index (χ0) is 13.5. The number of aliphatic imine (C=N–C) groups is 1. The summed E-state index contributed by atoms with van der Waals surface area (Å²) in [5, 5.41) is 9.81. The number of nitrogens with zero attached hydrogens (tertiary/aromatic N) is 2. The maximum Gasteiger partial charge on any atom is 1.00 e. The van der Waals surface area contributed by atoms with Crippen LogP contribution in [0.5, 0.6) is 0 Å². The van der Waals surface area contributed by atoms with Gasteiger partial charge < -0.3 is 5.41 Å². The summed E-state index contributed by atoms with van der Waals surface area (Å²) in [5.41, 5.74) is 4.86. The first-order valence-corrected chi connectivity index (χ1v) is 7.47. The van der Waals surface area contributed by atoms with Crippen molar-refractivity contribution in [3.05, 3.63) is 39.2 Å². The van der Waals surface area contributed by atoms with Gasteiger partial charge in [0.05, 0.1) is 11.3 Å². The first kappa shape index (κ1) is 17.6. The van der Waals surface area contributed by atoms with Gasteiger partial charge in [0, 0.05) is 10.5 Å². The largest absolute Gasteiger partial charge is 1.00 e. The number of thioether (sulfide) groups is 1. The van der Waals surface area contributed by atoms with E-state index in [9.17, 15) is 5.41 Å². The molecule has 0 spiro atoms. The van der Waals surface area contributed by atoms with Crippen LogP contribution in [0.1, 0.15) is 34.1 Å². The van der Waals surface area contributed by atoms with Gasteiger partial charge in [0.15, 0.2) is 0 Å². The average molecular weight is 298 g/mol. The first-order valence-electron chi connectivity index (χ1n) is 6.25. The van der Waals surface area contributed by atoms with E-state index in [1.807, 2.05) is 12.3 Å². The van der Waals surface area contributed by atoms with Crippen molar-refractivity contribution >= 4 is 23.2 Å². The van der Waals surface area contributed by atoms with Crippen molar-refractivity contribution in [1.82, 2.24) is 0 Å². The van der Waals surface area contributed by atoms with Crippen LogP contribution in [0.4, 0.5) is 0 Å². The Morgan fingerprint density at radius 2 is 1.95 bits per heavy atom. The molecule has 0 saturated heterocycles. The summed E-state index contributed by atoms with van der Waals surface area (Å²) in [7, 11) is 0. The molecule has 0 aromatic carbocycles. The zero-order valence-electron chi connectivity index (χ0n) is 12.7. The molecule has 0 N–H and O–H groups in total. The van der Waals surface area contributed by atoms with Crippen LogP contribution in [0.3, 0.4) is 0 Å². The molecule has 1 heterocycles. The number of rotatable bonds is 2.